The van der Waals surface area contributed by atoms with Crippen LogP contribution in [0.5, 0.6) is 5.75 Å². The van der Waals surface area contributed by atoms with Gasteiger partial charge < -0.3 is 5.11 Å². The van der Waals surface area contributed by atoms with Crippen molar-refractivity contribution in [2.45, 2.75) is 19.9 Å². The number of nitrogens with zero attached hydrogens (tertiary/aromatic N) is 2. The van der Waals surface area contributed by atoms with E-state index in [1.165, 1.54) is 11.3 Å². The van der Waals surface area contributed by atoms with Gasteiger partial charge in [0.1, 0.15) is 5.75 Å². The fraction of sp³-hybridized carbons (Fsp3) is 0.357. The Hall–Kier alpha value is -1.81. The molecule has 0 fully saturated rings. The molecule has 0 unspecified atom stereocenters. The monoisotopic (exact) mass is 243 g/mol. The van der Waals surface area contributed by atoms with E-state index in [0.29, 0.717) is 5.75 Å². The second kappa shape index (κ2) is 4.46. The Balaban J connectivity index is 1.99. The first-order chi connectivity index (χ1) is 8.78. The van der Waals surface area contributed by atoms with Gasteiger partial charge >= 0.3 is 0 Å². The minimum absolute atomic E-state index is 0.290. The summed E-state index contributed by atoms with van der Waals surface area (Å²) < 4.78 is 0. The van der Waals surface area contributed by atoms with Crippen molar-refractivity contribution < 1.29 is 5.11 Å². The summed E-state index contributed by atoms with van der Waals surface area (Å²) in [6.07, 6.45) is 1.04. The SMILES string of the molecule is CCN1CCc2[nH]nc(-c3ccc(O)cc3)c2C1. The summed E-state index contributed by atoms with van der Waals surface area (Å²) in [4.78, 5) is 2.42. The van der Waals surface area contributed by atoms with Crippen LogP contribution in [0, 0.1) is 0 Å². The molecular formula is C14H17N3O. The zero-order chi connectivity index (χ0) is 12.5. The minimum Gasteiger partial charge on any atom is -0.508 e. The number of fused-ring (bicyclic) bond motifs is 1. The normalized spacial score (nSPS) is 15.6. The number of phenolic OH excluding ortho intramolecular Hbond substituents is 1. The summed E-state index contributed by atoms with van der Waals surface area (Å²) in [5.41, 5.74) is 4.63. The fourth-order valence-electron chi connectivity index (χ4n) is 2.48. The molecule has 1 aliphatic rings. The van der Waals surface area contributed by atoms with Crippen molar-refractivity contribution in [2.24, 2.45) is 0 Å². The highest BCUT2D eigenvalue weighted by Gasteiger charge is 2.21. The molecule has 4 heteroatoms. The highest BCUT2D eigenvalue weighted by atomic mass is 16.3. The number of nitrogens with one attached hydrogen (secondary N) is 1. The van der Waals surface area contributed by atoms with Crippen LogP contribution in [0.4, 0.5) is 0 Å². The molecule has 2 N–H and O–H groups in total. The molecule has 1 aromatic carbocycles. The van der Waals surface area contributed by atoms with Gasteiger partial charge in [0.05, 0.1) is 5.69 Å². The summed E-state index contributed by atoms with van der Waals surface area (Å²) in [5.74, 6) is 0.290. The number of hydrogen-bond acceptors (Lipinski definition) is 3. The van der Waals surface area contributed by atoms with Gasteiger partial charge in [0.25, 0.3) is 0 Å². The van der Waals surface area contributed by atoms with Crippen molar-refractivity contribution in [3.63, 3.8) is 0 Å². The van der Waals surface area contributed by atoms with Crippen molar-refractivity contribution in [2.75, 3.05) is 13.1 Å². The summed E-state index contributed by atoms with van der Waals surface area (Å²) in [6.45, 7) is 5.31. The second-order valence-electron chi connectivity index (χ2n) is 4.69. The highest BCUT2D eigenvalue weighted by molar-refractivity contribution is 5.65. The van der Waals surface area contributed by atoms with Gasteiger partial charge in [0.2, 0.25) is 0 Å². The van der Waals surface area contributed by atoms with Crippen LogP contribution in [-0.4, -0.2) is 33.3 Å². The van der Waals surface area contributed by atoms with Crippen molar-refractivity contribution in [1.29, 1.82) is 0 Å². The maximum Gasteiger partial charge on any atom is 0.115 e. The standard InChI is InChI=1S/C14H17N3O/c1-2-17-8-7-13-12(9-17)14(16-15-13)10-3-5-11(18)6-4-10/h3-6,18H,2,7-9H2,1H3,(H,15,16). The third kappa shape index (κ3) is 1.88. The van der Waals surface area contributed by atoms with Gasteiger partial charge in [0.15, 0.2) is 0 Å². The fourth-order valence-corrected chi connectivity index (χ4v) is 2.48. The number of aromatic hydroxyl groups is 1. The molecule has 2 heterocycles. The van der Waals surface area contributed by atoms with Gasteiger partial charge in [0, 0.05) is 36.3 Å². The maximum atomic E-state index is 9.34. The second-order valence-corrected chi connectivity index (χ2v) is 4.69. The van der Waals surface area contributed by atoms with E-state index in [4.69, 9.17) is 0 Å². The van der Waals surface area contributed by atoms with Crippen molar-refractivity contribution in [3.05, 3.63) is 35.5 Å². The summed E-state index contributed by atoms with van der Waals surface area (Å²) in [5, 5.41) is 16.9. The first-order valence-electron chi connectivity index (χ1n) is 6.36. The number of benzene rings is 1. The summed E-state index contributed by atoms with van der Waals surface area (Å²) >= 11 is 0. The van der Waals surface area contributed by atoms with Crippen molar-refractivity contribution in [1.82, 2.24) is 15.1 Å². The van der Waals surface area contributed by atoms with Crippen LogP contribution < -0.4 is 0 Å². The third-order valence-corrected chi connectivity index (χ3v) is 3.60. The summed E-state index contributed by atoms with van der Waals surface area (Å²) in [6, 6.07) is 7.24. The van der Waals surface area contributed by atoms with E-state index in [0.717, 1.165) is 37.3 Å². The van der Waals surface area contributed by atoms with E-state index in [2.05, 4.69) is 22.0 Å². The Morgan fingerprint density at radius 3 is 2.83 bits per heavy atom. The molecule has 18 heavy (non-hydrogen) atoms. The number of likely N-dealkylation sites (N-methyl/N-ethyl adjacent to an activating group) is 1. The Kier molecular flexibility index (Phi) is 2.80. The number of phenols is 1. The minimum atomic E-state index is 0.290. The topological polar surface area (TPSA) is 52.2 Å². The number of aromatic amines is 1. The van der Waals surface area contributed by atoms with Crippen LogP contribution in [0.15, 0.2) is 24.3 Å². The molecule has 0 atom stereocenters. The van der Waals surface area contributed by atoms with Gasteiger partial charge in [-0.1, -0.05) is 6.92 Å². The molecule has 0 radical (unpaired) electrons. The molecule has 0 amide bonds. The average Bonchev–Trinajstić information content (AvgIpc) is 2.82. The first-order valence-corrected chi connectivity index (χ1v) is 6.36. The molecule has 0 saturated heterocycles. The van der Waals surface area contributed by atoms with E-state index in [1.807, 2.05) is 12.1 Å². The molecule has 0 spiro atoms. The zero-order valence-corrected chi connectivity index (χ0v) is 10.5. The third-order valence-electron chi connectivity index (χ3n) is 3.60. The molecule has 1 aromatic heterocycles. The molecule has 0 saturated carbocycles. The maximum absolute atomic E-state index is 9.34. The average molecular weight is 243 g/mol. The Morgan fingerprint density at radius 2 is 2.11 bits per heavy atom. The predicted octanol–water partition coefficient (Wildman–Crippen LogP) is 2.16. The lowest BCUT2D eigenvalue weighted by molar-refractivity contribution is 0.267. The van der Waals surface area contributed by atoms with Crippen molar-refractivity contribution >= 4 is 0 Å². The van der Waals surface area contributed by atoms with Gasteiger partial charge in [-0.25, -0.2) is 0 Å². The van der Waals surface area contributed by atoms with E-state index in [1.54, 1.807) is 12.1 Å². The first kappa shape index (κ1) is 11.3. The molecule has 3 rings (SSSR count). The molecule has 0 bridgehead atoms. The van der Waals surface area contributed by atoms with Gasteiger partial charge in [-0.2, -0.15) is 5.10 Å². The van der Waals surface area contributed by atoms with Crippen LogP contribution >= 0.6 is 0 Å². The smallest absolute Gasteiger partial charge is 0.115 e. The van der Waals surface area contributed by atoms with Crippen LogP contribution in [0.25, 0.3) is 11.3 Å². The van der Waals surface area contributed by atoms with E-state index < -0.39 is 0 Å². The van der Waals surface area contributed by atoms with Gasteiger partial charge in [-0.05, 0) is 30.8 Å². The Morgan fingerprint density at radius 1 is 1.33 bits per heavy atom. The number of aromatic nitrogens is 2. The van der Waals surface area contributed by atoms with E-state index in [-0.39, 0.29) is 0 Å². The highest BCUT2D eigenvalue weighted by Crippen LogP contribution is 2.29. The number of H-pyrrole nitrogens is 1. The zero-order valence-electron chi connectivity index (χ0n) is 10.5. The quantitative estimate of drug-likeness (QED) is 0.849. The Bertz CT molecular complexity index is 545. The van der Waals surface area contributed by atoms with E-state index >= 15 is 0 Å². The van der Waals surface area contributed by atoms with E-state index in [9.17, 15) is 5.11 Å². The number of rotatable bonds is 2. The lowest BCUT2D eigenvalue weighted by Crippen LogP contribution is -2.30. The molecule has 1 aliphatic heterocycles. The van der Waals surface area contributed by atoms with Gasteiger partial charge in [-0.15, -0.1) is 0 Å². The molecule has 0 aliphatic carbocycles. The lowest BCUT2D eigenvalue weighted by atomic mass is 10.0. The molecule has 94 valence electrons. The largest absolute Gasteiger partial charge is 0.508 e. The summed E-state index contributed by atoms with van der Waals surface area (Å²) in [7, 11) is 0. The van der Waals surface area contributed by atoms with Crippen LogP contribution in [-0.2, 0) is 13.0 Å². The molecule has 2 aromatic rings. The molecular weight excluding hydrogens is 226 g/mol. The molecule has 4 nitrogen and oxygen atoms in total. The van der Waals surface area contributed by atoms with Crippen molar-refractivity contribution in [3.8, 4) is 17.0 Å². The van der Waals surface area contributed by atoms with Crippen LogP contribution in [0.1, 0.15) is 18.2 Å². The predicted molar refractivity (Wildman–Crippen MR) is 70.3 cm³/mol. The van der Waals surface area contributed by atoms with Crippen LogP contribution in [0.3, 0.4) is 0 Å². The number of hydrogen-bond donors (Lipinski definition) is 2. The van der Waals surface area contributed by atoms with Crippen LogP contribution in [0.2, 0.25) is 0 Å². The Labute approximate surface area is 106 Å². The lowest BCUT2D eigenvalue weighted by Gasteiger charge is -2.25. The van der Waals surface area contributed by atoms with Gasteiger partial charge in [-0.3, -0.25) is 10.00 Å².